The van der Waals surface area contributed by atoms with Crippen molar-refractivity contribution in [3.8, 4) is 39.6 Å². The normalized spacial score (nSPS) is 11.1. The second-order valence-electron chi connectivity index (χ2n) is 8.86. The molecule has 0 radical (unpaired) electrons. The van der Waals surface area contributed by atoms with E-state index in [1.807, 2.05) is 12.1 Å². The van der Waals surface area contributed by atoms with E-state index < -0.39 is 0 Å². The third-order valence-corrected chi connectivity index (χ3v) is 7.96. The minimum absolute atomic E-state index is 0.706. The molecule has 2 nitrogen and oxygen atoms in total. The number of rotatable bonds is 3. The van der Waals surface area contributed by atoms with Gasteiger partial charge in [-0.15, -0.1) is 11.3 Å². The van der Waals surface area contributed by atoms with Crippen LogP contribution < -0.4 is 4.57 Å². The number of hydrogen-bond acceptors (Lipinski definition) is 2. The number of pyridine rings is 1. The first-order chi connectivity index (χ1) is 17.2. The molecule has 166 valence electrons. The Morgan fingerprint density at radius 1 is 0.686 bits per heavy atom. The molecule has 0 atom stereocenters. The van der Waals surface area contributed by atoms with Gasteiger partial charge in [0.2, 0.25) is 5.69 Å². The third kappa shape index (κ3) is 3.51. The average Bonchev–Trinajstić information content (AvgIpc) is 3.28. The van der Waals surface area contributed by atoms with Crippen molar-refractivity contribution in [1.82, 2.24) is 0 Å². The highest BCUT2D eigenvalue weighted by atomic mass is 32.1. The predicted molar refractivity (Wildman–Crippen MR) is 146 cm³/mol. The molecule has 0 bridgehead atoms. The van der Waals surface area contributed by atoms with Crippen LogP contribution in [0.1, 0.15) is 11.1 Å². The van der Waals surface area contributed by atoms with Gasteiger partial charge in [0.1, 0.15) is 7.05 Å². The fraction of sp³-hybridized carbons (Fsp3) is 0.0625. The minimum atomic E-state index is 0.706. The van der Waals surface area contributed by atoms with Crippen molar-refractivity contribution in [2.75, 3.05) is 0 Å². The van der Waals surface area contributed by atoms with E-state index in [0.717, 1.165) is 21.4 Å². The fourth-order valence-corrected chi connectivity index (χ4v) is 6.45. The Labute approximate surface area is 209 Å². The molecule has 0 saturated carbocycles. The summed E-state index contributed by atoms with van der Waals surface area (Å²) in [5.41, 5.74) is 8.82. The second-order valence-corrected chi connectivity index (χ2v) is 9.88. The van der Waals surface area contributed by atoms with Crippen molar-refractivity contribution in [1.29, 1.82) is 5.26 Å². The quantitative estimate of drug-likeness (QED) is 0.242. The van der Waals surface area contributed by atoms with Crippen LogP contribution in [0.15, 0.2) is 103 Å². The molecule has 0 saturated heterocycles. The SMILES string of the molecule is Cc1ccc2c(sc3c(-c4cccc(-c5ccccc5)c4)c(C#N)ccc32)c1-c1cccc[n+]1C. The summed E-state index contributed by atoms with van der Waals surface area (Å²) >= 11 is 1.79. The molecule has 35 heavy (non-hydrogen) atoms. The first-order valence-corrected chi connectivity index (χ1v) is 12.5. The zero-order valence-electron chi connectivity index (χ0n) is 19.6. The van der Waals surface area contributed by atoms with Gasteiger partial charge in [0, 0.05) is 37.9 Å². The second kappa shape index (κ2) is 8.51. The van der Waals surface area contributed by atoms with E-state index in [-0.39, 0.29) is 0 Å². The molecule has 0 unspecified atom stereocenters. The average molecular weight is 468 g/mol. The molecule has 6 rings (SSSR count). The van der Waals surface area contributed by atoms with E-state index in [0.29, 0.717) is 5.56 Å². The summed E-state index contributed by atoms with van der Waals surface area (Å²) in [5.74, 6) is 0. The Balaban J connectivity index is 1.67. The van der Waals surface area contributed by atoms with Gasteiger partial charge in [0.05, 0.1) is 17.2 Å². The van der Waals surface area contributed by atoms with Crippen molar-refractivity contribution < 1.29 is 4.57 Å². The number of benzene rings is 4. The summed E-state index contributed by atoms with van der Waals surface area (Å²) in [6, 6.07) is 36.3. The van der Waals surface area contributed by atoms with Gasteiger partial charge in [-0.1, -0.05) is 66.7 Å². The Hall–Kier alpha value is -4.26. The highest BCUT2D eigenvalue weighted by molar-refractivity contribution is 7.27. The van der Waals surface area contributed by atoms with Crippen LogP contribution in [0, 0.1) is 18.3 Å². The van der Waals surface area contributed by atoms with Gasteiger partial charge in [0.15, 0.2) is 6.20 Å². The largest absolute Gasteiger partial charge is 0.213 e. The molecule has 2 heterocycles. The number of nitrogens with zero attached hydrogens (tertiary/aromatic N) is 2. The van der Waals surface area contributed by atoms with Gasteiger partial charge >= 0.3 is 0 Å². The fourth-order valence-electron chi connectivity index (χ4n) is 4.97. The van der Waals surface area contributed by atoms with E-state index in [4.69, 9.17) is 0 Å². The molecular formula is C32H23N2S+. The first-order valence-electron chi connectivity index (χ1n) is 11.7. The molecule has 6 aromatic rings. The maximum Gasteiger partial charge on any atom is 0.213 e. The van der Waals surface area contributed by atoms with Crippen LogP contribution >= 0.6 is 11.3 Å². The Morgan fingerprint density at radius 3 is 2.14 bits per heavy atom. The summed E-state index contributed by atoms with van der Waals surface area (Å²) in [7, 11) is 2.09. The minimum Gasteiger partial charge on any atom is -0.201 e. The smallest absolute Gasteiger partial charge is 0.201 e. The lowest BCUT2D eigenvalue weighted by atomic mass is 9.94. The van der Waals surface area contributed by atoms with Gasteiger partial charge in [-0.05, 0) is 47.4 Å². The van der Waals surface area contributed by atoms with Crippen molar-refractivity contribution in [3.05, 3.63) is 114 Å². The van der Waals surface area contributed by atoms with Crippen LogP contribution in [0.3, 0.4) is 0 Å². The van der Waals surface area contributed by atoms with Gasteiger partial charge < -0.3 is 0 Å². The van der Waals surface area contributed by atoms with Crippen molar-refractivity contribution >= 4 is 31.5 Å². The molecule has 0 amide bonds. The lowest BCUT2D eigenvalue weighted by molar-refractivity contribution is -0.660. The van der Waals surface area contributed by atoms with E-state index in [9.17, 15) is 5.26 Å². The van der Waals surface area contributed by atoms with Crippen LogP contribution in [-0.2, 0) is 7.05 Å². The lowest BCUT2D eigenvalue weighted by Gasteiger charge is -2.09. The van der Waals surface area contributed by atoms with Gasteiger partial charge in [0.25, 0.3) is 0 Å². The number of fused-ring (bicyclic) bond motifs is 3. The molecule has 0 aliphatic heterocycles. The summed E-state index contributed by atoms with van der Waals surface area (Å²) in [6.45, 7) is 2.18. The molecule has 0 aliphatic rings. The number of hydrogen-bond donors (Lipinski definition) is 0. The van der Waals surface area contributed by atoms with Gasteiger partial charge in [-0.25, -0.2) is 4.57 Å². The van der Waals surface area contributed by atoms with E-state index in [1.54, 1.807) is 11.3 Å². The van der Waals surface area contributed by atoms with Gasteiger partial charge in [-0.2, -0.15) is 5.26 Å². The lowest BCUT2D eigenvalue weighted by Crippen LogP contribution is -2.30. The first kappa shape index (κ1) is 21.3. The van der Waals surface area contributed by atoms with Gasteiger partial charge in [-0.3, -0.25) is 0 Å². The Bertz CT molecular complexity index is 1770. The van der Waals surface area contributed by atoms with E-state index >= 15 is 0 Å². The summed E-state index contributed by atoms with van der Waals surface area (Å²) in [5, 5.41) is 12.5. The number of aromatic nitrogens is 1. The maximum absolute atomic E-state index is 10.1. The molecule has 2 aromatic heterocycles. The number of nitriles is 1. The van der Waals surface area contributed by atoms with Crippen LogP contribution in [0.25, 0.3) is 53.7 Å². The highest BCUT2D eigenvalue weighted by Gasteiger charge is 2.21. The molecule has 3 heteroatoms. The topological polar surface area (TPSA) is 27.7 Å². The van der Waals surface area contributed by atoms with Crippen LogP contribution in [0.4, 0.5) is 0 Å². The predicted octanol–water partition coefficient (Wildman–Crippen LogP) is 8.06. The summed E-state index contributed by atoms with van der Waals surface area (Å²) in [6.07, 6.45) is 2.09. The van der Waals surface area contributed by atoms with Crippen molar-refractivity contribution in [2.24, 2.45) is 7.05 Å². The van der Waals surface area contributed by atoms with Crippen LogP contribution in [0.5, 0.6) is 0 Å². The van der Waals surface area contributed by atoms with Crippen molar-refractivity contribution in [2.45, 2.75) is 6.92 Å². The zero-order chi connectivity index (χ0) is 23.9. The summed E-state index contributed by atoms with van der Waals surface area (Å²) < 4.78 is 4.60. The highest BCUT2D eigenvalue weighted by Crippen LogP contribution is 2.45. The molecule has 4 aromatic carbocycles. The zero-order valence-corrected chi connectivity index (χ0v) is 20.4. The Kier molecular flexibility index (Phi) is 5.17. The van der Waals surface area contributed by atoms with Crippen LogP contribution in [-0.4, -0.2) is 0 Å². The summed E-state index contributed by atoms with van der Waals surface area (Å²) in [4.78, 5) is 0. The maximum atomic E-state index is 10.1. The number of aryl methyl sites for hydroxylation is 2. The number of thiophene rings is 1. The van der Waals surface area contributed by atoms with Crippen molar-refractivity contribution in [3.63, 3.8) is 0 Å². The molecular weight excluding hydrogens is 444 g/mol. The molecule has 0 spiro atoms. The van der Waals surface area contributed by atoms with Crippen LogP contribution in [0.2, 0.25) is 0 Å². The molecule has 0 fully saturated rings. The standard InChI is InChI=1S/C32H23N2S/c1-21-14-16-26-27-17-15-25(20-33)30(24-12-8-11-23(19-24)22-9-4-3-5-10-22)32(27)35-31(26)29(21)28-13-6-7-18-34(28)2/h3-19H,1-2H3/q+1. The molecule has 0 aliphatic carbocycles. The Morgan fingerprint density at radius 2 is 1.37 bits per heavy atom. The van der Waals surface area contributed by atoms with E-state index in [1.165, 1.54) is 37.9 Å². The monoisotopic (exact) mass is 467 g/mol. The van der Waals surface area contributed by atoms with E-state index in [2.05, 4.69) is 116 Å². The molecule has 0 N–H and O–H groups in total. The third-order valence-electron chi connectivity index (χ3n) is 6.71.